The van der Waals surface area contributed by atoms with Gasteiger partial charge in [-0.25, -0.2) is 9.59 Å². The molecule has 3 heterocycles. The molecule has 37 heavy (non-hydrogen) atoms. The molecule has 0 aliphatic carbocycles. The number of oxime groups is 1. The fraction of sp³-hybridized carbons (Fsp3) is 0.381. The fourth-order valence-electron chi connectivity index (χ4n) is 3.27. The van der Waals surface area contributed by atoms with Crippen LogP contribution in [0.1, 0.15) is 26.5 Å². The zero-order valence-electron chi connectivity index (χ0n) is 19.8. The third-order valence-electron chi connectivity index (χ3n) is 5.10. The summed E-state index contributed by atoms with van der Waals surface area (Å²) in [6, 6.07) is 0.617. The number of thioether (sulfide) groups is 1. The number of urea groups is 1. The van der Waals surface area contributed by atoms with Gasteiger partial charge in [0.05, 0.1) is 6.26 Å². The molecule has 2 aliphatic heterocycles. The van der Waals surface area contributed by atoms with E-state index in [2.05, 4.69) is 10.5 Å². The quantitative estimate of drug-likeness (QED) is 0.133. The van der Waals surface area contributed by atoms with E-state index in [0.29, 0.717) is 0 Å². The first-order valence-corrected chi connectivity index (χ1v) is 11.6. The smallest absolute Gasteiger partial charge is 0.352 e. The van der Waals surface area contributed by atoms with Crippen LogP contribution in [0.5, 0.6) is 0 Å². The van der Waals surface area contributed by atoms with Gasteiger partial charge in [0.1, 0.15) is 23.7 Å². The molecule has 0 saturated carbocycles. The van der Waals surface area contributed by atoms with Gasteiger partial charge in [0.25, 0.3) is 17.7 Å². The van der Waals surface area contributed by atoms with Gasteiger partial charge in [-0.2, -0.15) is 0 Å². The lowest BCUT2D eigenvalue weighted by atomic mass is 10.0. The number of nitrogens with zero attached hydrogens (tertiary/aromatic N) is 2. The van der Waals surface area contributed by atoms with Crippen LogP contribution in [0.3, 0.4) is 0 Å². The van der Waals surface area contributed by atoms with Crippen LogP contribution in [0.15, 0.2) is 39.2 Å². The molecule has 5 N–H and O–H groups in total. The number of carboxylic acids is 1. The molecule has 0 aromatic carbocycles. The van der Waals surface area contributed by atoms with Crippen LogP contribution in [0.25, 0.3) is 0 Å². The number of primary amides is 1. The number of aliphatic carboxylic acids is 1. The van der Waals surface area contributed by atoms with Crippen molar-refractivity contribution in [1.29, 1.82) is 0 Å². The summed E-state index contributed by atoms with van der Waals surface area (Å²) in [4.78, 5) is 78.2. The van der Waals surface area contributed by atoms with Crippen molar-refractivity contribution in [2.24, 2.45) is 10.9 Å². The molecule has 2 aliphatic rings. The summed E-state index contributed by atoms with van der Waals surface area (Å²) in [6.45, 7) is 3.42. The van der Waals surface area contributed by atoms with Crippen molar-refractivity contribution >= 4 is 53.2 Å². The van der Waals surface area contributed by atoms with Crippen molar-refractivity contribution in [3.8, 4) is 0 Å². The van der Waals surface area contributed by atoms with Gasteiger partial charge in [-0.15, -0.1) is 11.8 Å². The van der Waals surface area contributed by atoms with Gasteiger partial charge in [0.2, 0.25) is 11.3 Å². The van der Waals surface area contributed by atoms with Crippen LogP contribution >= 0.6 is 11.8 Å². The van der Waals surface area contributed by atoms with Gasteiger partial charge >= 0.3 is 18.0 Å². The Labute approximate surface area is 213 Å². The molecular formula is C21H23N5O10S. The number of ether oxygens (including phenoxy) is 1. The van der Waals surface area contributed by atoms with Crippen LogP contribution in [-0.4, -0.2) is 80.8 Å². The number of amides is 5. The van der Waals surface area contributed by atoms with Crippen LogP contribution in [0, 0.1) is 0 Å². The number of nitrogens with one attached hydrogen (secondary N) is 2. The number of nitrogens with two attached hydrogens (primary N) is 1. The standard InChI is InChI=1S/C21H23N5O10S/c1-9(27)35-7-10-8-37-17-13(16(29)26(17)14(10)18(30)31)23-15(28)12(11-5-4-6-34-11)25-36-21(2,3)19(32)24-20(22)33/h4-6,13,17H,7-8H2,1-3H3,(H,23,28)(H,30,31)(H3,22,24,32,33)/b25-12-/t13-,17-/m1/s1. The van der Waals surface area contributed by atoms with Crippen LogP contribution < -0.4 is 16.4 Å². The molecular weight excluding hydrogens is 514 g/mol. The minimum Gasteiger partial charge on any atom is -0.477 e. The number of fused-ring (bicyclic) bond motifs is 1. The third kappa shape index (κ3) is 5.91. The molecule has 198 valence electrons. The summed E-state index contributed by atoms with van der Waals surface area (Å²) in [5, 5.41) is 16.9. The maximum Gasteiger partial charge on any atom is 0.352 e. The SMILES string of the molecule is CC(=O)OCC1=C(C(=O)O)N2C(=O)[C@@H](NC(=O)/C(=N\OC(C)(C)C(=O)NC(N)=O)c3ccco3)[C@H]2SC1. The molecule has 15 nitrogen and oxygen atoms in total. The normalized spacial score (nSPS) is 19.4. The summed E-state index contributed by atoms with van der Waals surface area (Å²) >= 11 is 1.17. The molecule has 0 unspecified atom stereocenters. The van der Waals surface area contributed by atoms with E-state index in [1.165, 1.54) is 50.9 Å². The Morgan fingerprint density at radius 1 is 1.32 bits per heavy atom. The Morgan fingerprint density at radius 3 is 2.59 bits per heavy atom. The molecule has 0 bridgehead atoms. The summed E-state index contributed by atoms with van der Waals surface area (Å²) in [5.74, 6) is -4.45. The monoisotopic (exact) mass is 537 g/mol. The minimum atomic E-state index is -1.73. The molecule has 5 amide bonds. The number of furan rings is 1. The second kappa shape index (κ2) is 10.7. The van der Waals surface area contributed by atoms with Crippen LogP contribution in [0.4, 0.5) is 4.79 Å². The number of β-lactam (4-membered cyclic amide) rings is 1. The second-order valence-electron chi connectivity index (χ2n) is 8.24. The first-order valence-electron chi connectivity index (χ1n) is 10.6. The predicted octanol–water partition coefficient (Wildman–Crippen LogP) is -0.724. The number of esters is 1. The van der Waals surface area contributed by atoms with Crippen molar-refractivity contribution in [3.05, 3.63) is 35.4 Å². The number of carbonyl (C=O) groups excluding carboxylic acids is 5. The highest BCUT2D eigenvalue weighted by atomic mass is 32.2. The van der Waals surface area contributed by atoms with Gasteiger partial charge < -0.3 is 30.1 Å². The molecule has 1 saturated heterocycles. The van der Waals surface area contributed by atoms with E-state index in [-0.39, 0.29) is 29.4 Å². The maximum atomic E-state index is 13.1. The molecule has 2 atom stereocenters. The molecule has 0 spiro atoms. The summed E-state index contributed by atoms with van der Waals surface area (Å²) in [7, 11) is 0. The Bertz CT molecular complexity index is 1210. The van der Waals surface area contributed by atoms with E-state index >= 15 is 0 Å². The topological polar surface area (TPSA) is 220 Å². The fourth-order valence-corrected chi connectivity index (χ4v) is 4.60. The third-order valence-corrected chi connectivity index (χ3v) is 6.44. The van der Waals surface area contributed by atoms with Gasteiger partial charge in [-0.05, 0) is 26.0 Å². The van der Waals surface area contributed by atoms with E-state index in [0.717, 1.165) is 4.90 Å². The predicted molar refractivity (Wildman–Crippen MR) is 124 cm³/mol. The van der Waals surface area contributed by atoms with Crippen LogP contribution in [0.2, 0.25) is 0 Å². The largest absolute Gasteiger partial charge is 0.477 e. The van der Waals surface area contributed by atoms with Gasteiger partial charge in [0, 0.05) is 18.2 Å². The van der Waals surface area contributed by atoms with Gasteiger partial charge in [0.15, 0.2) is 5.76 Å². The molecule has 3 rings (SSSR count). The Morgan fingerprint density at radius 2 is 2.03 bits per heavy atom. The number of hydrogen-bond donors (Lipinski definition) is 4. The van der Waals surface area contributed by atoms with Crippen LogP contribution in [-0.2, 0) is 33.5 Å². The van der Waals surface area contributed by atoms with Gasteiger partial charge in [-0.3, -0.25) is 29.4 Å². The molecule has 1 fully saturated rings. The van der Waals surface area contributed by atoms with Crippen molar-refractivity contribution in [1.82, 2.24) is 15.5 Å². The first-order chi connectivity index (χ1) is 17.3. The molecule has 0 radical (unpaired) electrons. The van der Waals surface area contributed by atoms with E-state index in [9.17, 15) is 33.9 Å². The highest BCUT2D eigenvalue weighted by Gasteiger charge is 2.54. The average Bonchev–Trinajstić information content (AvgIpc) is 3.34. The number of carbonyl (C=O) groups is 6. The van der Waals surface area contributed by atoms with E-state index in [1.54, 1.807) is 0 Å². The molecule has 16 heteroatoms. The van der Waals surface area contributed by atoms with E-state index in [1.807, 2.05) is 5.32 Å². The second-order valence-corrected chi connectivity index (χ2v) is 9.34. The number of imide groups is 1. The summed E-state index contributed by atoms with van der Waals surface area (Å²) in [6.07, 6.45) is 1.25. The molecule has 1 aromatic rings. The van der Waals surface area contributed by atoms with Crippen molar-refractivity contribution in [2.45, 2.75) is 37.8 Å². The summed E-state index contributed by atoms with van der Waals surface area (Å²) < 4.78 is 10.1. The minimum absolute atomic E-state index is 0.0571. The van der Waals surface area contributed by atoms with Crippen molar-refractivity contribution in [2.75, 3.05) is 12.4 Å². The lowest BCUT2D eigenvalue weighted by Crippen LogP contribution is -2.71. The highest BCUT2D eigenvalue weighted by Crippen LogP contribution is 2.40. The Balaban J connectivity index is 1.79. The summed E-state index contributed by atoms with van der Waals surface area (Å²) in [5.41, 5.74) is 2.71. The van der Waals surface area contributed by atoms with E-state index < -0.39 is 58.4 Å². The lowest BCUT2D eigenvalue weighted by Gasteiger charge is -2.49. The maximum absolute atomic E-state index is 13.1. The average molecular weight is 538 g/mol. The first kappa shape index (κ1) is 27.3. The number of hydrogen-bond acceptors (Lipinski definition) is 11. The number of rotatable bonds is 9. The van der Waals surface area contributed by atoms with Crippen molar-refractivity contribution < 1.29 is 47.9 Å². The Kier molecular flexibility index (Phi) is 7.90. The molecule has 1 aromatic heterocycles. The van der Waals surface area contributed by atoms with E-state index in [4.69, 9.17) is 19.7 Å². The van der Waals surface area contributed by atoms with Gasteiger partial charge in [-0.1, -0.05) is 5.16 Å². The van der Waals surface area contributed by atoms with Crippen molar-refractivity contribution in [3.63, 3.8) is 0 Å². The highest BCUT2D eigenvalue weighted by molar-refractivity contribution is 8.00. The lowest BCUT2D eigenvalue weighted by molar-refractivity contribution is -0.150. The zero-order valence-corrected chi connectivity index (χ0v) is 20.6. The Hall–Kier alpha value is -4.34. The number of carboxylic acid groups (broad SMARTS) is 1. The zero-order chi connectivity index (χ0) is 27.5.